The van der Waals surface area contributed by atoms with E-state index in [2.05, 4.69) is 4.98 Å². The zero-order valence-corrected chi connectivity index (χ0v) is 17.1. The first-order valence-corrected chi connectivity index (χ1v) is 10.4. The molecule has 0 aliphatic heterocycles. The average molecular weight is 399 g/mol. The molecule has 0 aliphatic rings. The number of fused-ring (bicyclic) bond motifs is 3. The maximum Gasteiger partial charge on any atom is 0.148 e. The summed E-state index contributed by atoms with van der Waals surface area (Å²) in [4.78, 5) is 4.56. The molecule has 29 heavy (non-hydrogen) atoms. The molecule has 2 aromatic heterocycles. The van der Waals surface area contributed by atoms with E-state index in [-0.39, 0.29) is 5.82 Å². The Hall–Kier alpha value is -3.04. The lowest BCUT2D eigenvalue weighted by Gasteiger charge is -2.08. The van der Waals surface area contributed by atoms with Crippen molar-refractivity contribution in [3.8, 4) is 22.4 Å². The molecule has 0 unspecified atom stereocenters. The zero-order valence-electron chi connectivity index (χ0n) is 17.2. The second-order valence-corrected chi connectivity index (χ2v) is 8.40. The summed E-state index contributed by atoms with van der Waals surface area (Å²) in [5.74, 6) is -0.887. The van der Waals surface area contributed by atoms with Gasteiger partial charge in [-0.15, -0.1) is 11.3 Å². The number of hydrogen-bond acceptors (Lipinski definition) is 2. The molecule has 0 aliphatic carbocycles. The van der Waals surface area contributed by atoms with E-state index in [9.17, 15) is 0 Å². The van der Waals surface area contributed by atoms with Crippen LogP contribution in [0, 0.1) is 5.82 Å². The van der Waals surface area contributed by atoms with Crippen LogP contribution in [-0.4, -0.2) is 4.98 Å². The van der Waals surface area contributed by atoms with Gasteiger partial charge >= 0.3 is 0 Å². The van der Waals surface area contributed by atoms with Crippen LogP contribution in [-0.2, 0) is 0 Å². The Bertz CT molecular complexity index is 1380. The quantitative estimate of drug-likeness (QED) is 0.300. The predicted molar refractivity (Wildman–Crippen MR) is 122 cm³/mol. The van der Waals surface area contributed by atoms with E-state index < -0.39 is 5.89 Å². The molecule has 0 atom stereocenters. The minimum absolute atomic E-state index is 0.181. The first-order valence-electron chi connectivity index (χ1n) is 10.1. The maximum atomic E-state index is 15.5. The smallest absolute Gasteiger partial charge is 0.148 e. The van der Waals surface area contributed by atoms with Gasteiger partial charge in [-0.25, -0.2) is 4.39 Å². The predicted octanol–water partition coefficient (Wildman–Crippen LogP) is 8.05. The normalized spacial score (nSPS) is 12.4. The number of pyridine rings is 1. The lowest BCUT2D eigenvalue weighted by atomic mass is 10.00. The van der Waals surface area contributed by atoms with Gasteiger partial charge in [-0.2, -0.15) is 0 Å². The molecule has 5 rings (SSSR count). The van der Waals surface area contributed by atoms with Gasteiger partial charge in [0.2, 0.25) is 0 Å². The second-order valence-electron chi connectivity index (χ2n) is 7.38. The van der Waals surface area contributed by atoms with Crippen molar-refractivity contribution in [2.24, 2.45) is 0 Å². The van der Waals surface area contributed by atoms with Gasteiger partial charge < -0.3 is 0 Å². The molecule has 0 fully saturated rings. The second kappa shape index (κ2) is 7.09. The van der Waals surface area contributed by atoms with Crippen molar-refractivity contribution >= 4 is 31.5 Å². The molecule has 142 valence electrons. The average Bonchev–Trinajstić information content (AvgIpc) is 3.14. The third kappa shape index (κ3) is 3.02. The van der Waals surface area contributed by atoms with Gasteiger partial charge in [-0.1, -0.05) is 74.5 Å². The Kier molecular flexibility index (Phi) is 4.12. The summed E-state index contributed by atoms with van der Waals surface area (Å²) in [5.41, 5.74) is 4.19. The number of aromatic nitrogens is 1. The van der Waals surface area contributed by atoms with Crippen LogP contribution < -0.4 is 0 Å². The maximum absolute atomic E-state index is 15.5. The minimum Gasteiger partial charge on any atom is -0.256 e. The van der Waals surface area contributed by atoms with E-state index in [1.165, 1.54) is 11.3 Å². The van der Waals surface area contributed by atoms with Gasteiger partial charge in [0.25, 0.3) is 0 Å². The molecule has 2 heterocycles. The van der Waals surface area contributed by atoms with E-state index in [1.807, 2.05) is 86.6 Å². The van der Waals surface area contributed by atoms with Crippen LogP contribution in [0.25, 0.3) is 42.6 Å². The van der Waals surface area contributed by atoms with Gasteiger partial charge in [0.1, 0.15) is 5.82 Å². The van der Waals surface area contributed by atoms with Crippen molar-refractivity contribution < 1.29 is 5.76 Å². The first-order chi connectivity index (χ1) is 14.4. The van der Waals surface area contributed by atoms with Gasteiger partial charge in [-0.05, 0) is 29.2 Å². The molecule has 0 radical (unpaired) electrons. The van der Waals surface area contributed by atoms with Crippen LogP contribution in [0.3, 0.4) is 0 Å². The molecule has 5 aromatic rings. The molecule has 1 nitrogen and oxygen atoms in total. The molecule has 0 N–H and O–H groups in total. The summed E-state index contributed by atoms with van der Waals surface area (Å²) in [7, 11) is 0. The summed E-state index contributed by atoms with van der Waals surface area (Å²) in [6.07, 6.45) is 1.75. The van der Waals surface area contributed by atoms with Gasteiger partial charge in [0.05, 0.1) is 10.4 Å². The topological polar surface area (TPSA) is 12.9 Å². The van der Waals surface area contributed by atoms with Crippen LogP contribution in [0.15, 0.2) is 79.0 Å². The Morgan fingerprint density at radius 2 is 1.66 bits per heavy atom. The first kappa shape index (κ1) is 16.9. The molecule has 0 amide bonds. The highest BCUT2D eigenvalue weighted by Crippen LogP contribution is 2.42. The van der Waals surface area contributed by atoms with Crippen molar-refractivity contribution in [1.82, 2.24) is 4.98 Å². The van der Waals surface area contributed by atoms with Crippen molar-refractivity contribution in [3.05, 3.63) is 90.4 Å². The van der Waals surface area contributed by atoms with E-state index in [4.69, 9.17) is 1.37 Å². The fourth-order valence-electron chi connectivity index (χ4n) is 3.76. The standard InChI is InChI=1S/C26H20FNS/c1-16(2)18-13-14-28-23(15-18)22-10-6-9-20-21-12-11-19(17-7-4-3-5-8-17)24(27)26(21)29-25(20)22/h3-16H,1-2H3/i16D. The van der Waals surface area contributed by atoms with Gasteiger partial charge in [0.15, 0.2) is 0 Å². The van der Waals surface area contributed by atoms with Crippen molar-refractivity contribution in [3.63, 3.8) is 0 Å². The molecular weight excluding hydrogens is 377 g/mol. The summed E-state index contributed by atoms with van der Waals surface area (Å²) in [5, 5.41) is 1.95. The molecule has 3 aromatic carbocycles. The highest BCUT2D eigenvalue weighted by Gasteiger charge is 2.17. The SMILES string of the molecule is [2H]C(C)(C)c1ccnc(-c2cccc3c2sc2c(F)c(-c4ccccc4)ccc23)c1. The molecule has 0 saturated carbocycles. The number of nitrogens with zero attached hydrogens (tertiary/aromatic N) is 1. The van der Waals surface area contributed by atoms with Crippen molar-refractivity contribution in [2.45, 2.75) is 19.7 Å². The van der Waals surface area contributed by atoms with E-state index >= 15 is 4.39 Å². The molecule has 0 bridgehead atoms. The fraction of sp³-hybridized carbons (Fsp3) is 0.115. The van der Waals surface area contributed by atoms with Crippen LogP contribution in [0.4, 0.5) is 4.39 Å². The number of hydrogen-bond donors (Lipinski definition) is 0. The van der Waals surface area contributed by atoms with Crippen LogP contribution in [0.5, 0.6) is 0 Å². The third-order valence-corrected chi connectivity index (χ3v) is 6.55. The molecular formula is C26H20FNS. The molecule has 0 saturated heterocycles. The Morgan fingerprint density at radius 1 is 0.862 bits per heavy atom. The highest BCUT2D eigenvalue weighted by atomic mass is 32.1. The fourth-order valence-corrected chi connectivity index (χ4v) is 5.02. The van der Waals surface area contributed by atoms with E-state index in [0.717, 1.165) is 37.9 Å². The number of benzene rings is 3. The monoisotopic (exact) mass is 398 g/mol. The summed E-state index contributed by atoms with van der Waals surface area (Å²) >= 11 is 1.47. The minimum atomic E-state index is -0.706. The van der Waals surface area contributed by atoms with Crippen LogP contribution >= 0.6 is 11.3 Å². The molecule has 3 heteroatoms. The Labute approximate surface area is 174 Å². The van der Waals surface area contributed by atoms with Crippen LogP contribution in [0.1, 0.15) is 26.7 Å². The Balaban J connectivity index is 1.75. The van der Waals surface area contributed by atoms with Crippen molar-refractivity contribution in [1.29, 1.82) is 0 Å². The van der Waals surface area contributed by atoms with E-state index in [1.54, 1.807) is 6.20 Å². The summed E-state index contributed by atoms with van der Waals surface area (Å²) in [6, 6.07) is 23.4. The molecule has 0 spiro atoms. The number of rotatable bonds is 3. The van der Waals surface area contributed by atoms with Gasteiger partial charge in [-0.3, -0.25) is 4.98 Å². The third-order valence-electron chi connectivity index (χ3n) is 5.30. The lowest BCUT2D eigenvalue weighted by Crippen LogP contribution is -1.90. The van der Waals surface area contributed by atoms with Crippen LogP contribution in [0.2, 0.25) is 0 Å². The number of halogens is 1. The zero-order chi connectivity index (χ0) is 20.9. The highest BCUT2D eigenvalue weighted by molar-refractivity contribution is 7.26. The largest absolute Gasteiger partial charge is 0.256 e. The Morgan fingerprint density at radius 3 is 2.45 bits per heavy atom. The van der Waals surface area contributed by atoms with Crippen molar-refractivity contribution in [2.75, 3.05) is 0 Å². The van der Waals surface area contributed by atoms with E-state index in [0.29, 0.717) is 10.3 Å². The summed E-state index contributed by atoms with van der Waals surface area (Å²) < 4.78 is 25.5. The number of thiophene rings is 1. The lowest BCUT2D eigenvalue weighted by molar-refractivity contribution is 0.645. The summed E-state index contributed by atoms with van der Waals surface area (Å²) in [6.45, 7) is 3.74. The van der Waals surface area contributed by atoms with Gasteiger partial charge in [0, 0.05) is 34.2 Å².